The summed E-state index contributed by atoms with van der Waals surface area (Å²) in [5.74, 6) is 0.795. The van der Waals surface area contributed by atoms with Crippen LogP contribution in [-0.4, -0.2) is 26.4 Å². The molecule has 1 aliphatic heterocycles. The Labute approximate surface area is 110 Å². The zero-order valence-corrected chi connectivity index (χ0v) is 10.4. The molecule has 0 bridgehead atoms. The molecule has 0 fully saturated rings. The van der Waals surface area contributed by atoms with E-state index in [0.717, 1.165) is 36.5 Å². The van der Waals surface area contributed by atoms with Crippen molar-refractivity contribution in [3.05, 3.63) is 47.7 Å². The highest BCUT2D eigenvalue weighted by Gasteiger charge is 2.13. The van der Waals surface area contributed by atoms with Crippen molar-refractivity contribution >= 4 is 5.65 Å². The van der Waals surface area contributed by atoms with Crippen LogP contribution in [0.1, 0.15) is 11.1 Å². The quantitative estimate of drug-likeness (QED) is 0.711. The van der Waals surface area contributed by atoms with Gasteiger partial charge in [-0.15, -0.1) is 10.2 Å². The van der Waals surface area contributed by atoms with E-state index in [4.69, 9.17) is 0 Å². The molecule has 1 aromatic carbocycles. The van der Waals surface area contributed by atoms with Crippen LogP contribution >= 0.6 is 0 Å². The molecule has 1 N–H and O–H groups in total. The van der Waals surface area contributed by atoms with Gasteiger partial charge in [0.2, 0.25) is 0 Å². The molecule has 0 radical (unpaired) electrons. The highest BCUT2D eigenvalue weighted by atomic mass is 15.4. The summed E-state index contributed by atoms with van der Waals surface area (Å²) in [5, 5.41) is 16.1. The maximum atomic E-state index is 4.31. The molecule has 0 spiro atoms. The number of hydrogen-bond acceptors (Lipinski definition) is 4. The van der Waals surface area contributed by atoms with Crippen molar-refractivity contribution in [2.45, 2.75) is 13.0 Å². The molecule has 2 aromatic heterocycles. The van der Waals surface area contributed by atoms with Crippen molar-refractivity contribution in [2.24, 2.45) is 0 Å². The van der Waals surface area contributed by atoms with Crippen LogP contribution in [0.25, 0.3) is 17.0 Å². The molecule has 5 nitrogen and oxygen atoms in total. The summed E-state index contributed by atoms with van der Waals surface area (Å²) < 4.78 is 1.78. The Kier molecular flexibility index (Phi) is 2.31. The maximum Gasteiger partial charge on any atom is 0.185 e. The fourth-order valence-electron chi connectivity index (χ4n) is 2.54. The topological polar surface area (TPSA) is 55.1 Å². The molecule has 19 heavy (non-hydrogen) atoms. The number of fused-ring (bicyclic) bond motifs is 2. The van der Waals surface area contributed by atoms with E-state index in [2.05, 4.69) is 38.8 Å². The first-order chi connectivity index (χ1) is 9.42. The molecule has 0 saturated heterocycles. The fourth-order valence-corrected chi connectivity index (χ4v) is 2.54. The Morgan fingerprint density at radius 1 is 1.11 bits per heavy atom. The second-order valence-corrected chi connectivity index (χ2v) is 4.73. The normalized spacial score (nSPS) is 14.5. The zero-order valence-electron chi connectivity index (χ0n) is 10.4. The molecule has 0 atom stereocenters. The lowest BCUT2D eigenvalue weighted by atomic mass is 9.98. The third-order valence-electron chi connectivity index (χ3n) is 3.53. The lowest BCUT2D eigenvalue weighted by molar-refractivity contribution is 0.644. The van der Waals surface area contributed by atoms with Crippen LogP contribution in [0.15, 0.2) is 36.5 Å². The summed E-state index contributed by atoms with van der Waals surface area (Å²) in [6.07, 6.45) is 2.84. The Balaban J connectivity index is 1.88. The standard InChI is InChI=1S/C14H13N5/c1-2-13-17-18-14(19(13)16-6-1)11-4-3-10-5-7-15-9-12(10)8-11/h1-4,6,8,15H,5,7,9H2. The second-order valence-electron chi connectivity index (χ2n) is 4.73. The molecule has 0 aliphatic carbocycles. The molecule has 0 saturated carbocycles. The van der Waals surface area contributed by atoms with Gasteiger partial charge >= 0.3 is 0 Å². The average Bonchev–Trinajstić information content (AvgIpc) is 2.91. The van der Waals surface area contributed by atoms with Gasteiger partial charge in [0, 0.05) is 18.3 Å². The van der Waals surface area contributed by atoms with Crippen LogP contribution in [0.2, 0.25) is 0 Å². The Morgan fingerprint density at radius 3 is 3.11 bits per heavy atom. The number of aromatic nitrogens is 4. The van der Waals surface area contributed by atoms with Crippen LogP contribution in [0, 0.1) is 0 Å². The molecule has 5 heteroatoms. The highest BCUT2D eigenvalue weighted by Crippen LogP contribution is 2.23. The first-order valence-electron chi connectivity index (χ1n) is 6.41. The molecule has 0 unspecified atom stereocenters. The molecule has 3 heterocycles. The van der Waals surface area contributed by atoms with Gasteiger partial charge in [-0.1, -0.05) is 12.1 Å². The lowest BCUT2D eigenvalue weighted by Gasteiger charge is -2.17. The number of nitrogens with one attached hydrogen (secondary N) is 1. The zero-order chi connectivity index (χ0) is 12.7. The van der Waals surface area contributed by atoms with Crippen LogP contribution in [0.5, 0.6) is 0 Å². The van der Waals surface area contributed by atoms with Crippen molar-refractivity contribution in [3.8, 4) is 11.4 Å². The van der Waals surface area contributed by atoms with E-state index in [1.165, 1.54) is 11.1 Å². The molecule has 94 valence electrons. The molecule has 1 aliphatic rings. The van der Waals surface area contributed by atoms with E-state index in [-0.39, 0.29) is 0 Å². The van der Waals surface area contributed by atoms with Crippen LogP contribution < -0.4 is 5.32 Å². The number of nitrogens with zero attached hydrogens (tertiary/aromatic N) is 4. The Bertz CT molecular complexity index is 746. The maximum absolute atomic E-state index is 4.31. The number of rotatable bonds is 1. The molecular formula is C14H13N5. The third-order valence-corrected chi connectivity index (χ3v) is 3.53. The minimum Gasteiger partial charge on any atom is -0.312 e. The van der Waals surface area contributed by atoms with Crippen molar-refractivity contribution in [1.29, 1.82) is 0 Å². The first-order valence-corrected chi connectivity index (χ1v) is 6.41. The van der Waals surface area contributed by atoms with Crippen molar-refractivity contribution in [3.63, 3.8) is 0 Å². The van der Waals surface area contributed by atoms with Gasteiger partial charge in [-0.2, -0.15) is 9.61 Å². The van der Waals surface area contributed by atoms with Gasteiger partial charge in [0.05, 0.1) is 0 Å². The molecule has 4 rings (SSSR count). The van der Waals surface area contributed by atoms with E-state index in [1.807, 2.05) is 12.1 Å². The largest absolute Gasteiger partial charge is 0.312 e. The highest BCUT2D eigenvalue weighted by molar-refractivity contribution is 5.60. The van der Waals surface area contributed by atoms with Gasteiger partial charge in [-0.3, -0.25) is 0 Å². The van der Waals surface area contributed by atoms with Crippen LogP contribution in [0.4, 0.5) is 0 Å². The smallest absolute Gasteiger partial charge is 0.185 e. The summed E-state index contributed by atoms with van der Waals surface area (Å²) in [7, 11) is 0. The monoisotopic (exact) mass is 251 g/mol. The third kappa shape index (κ3) is 1.70. The lowest BCUT2D eigenvalue weighted by Crippen LogP contribution is -2.23. The molecule has 3 aromatic rings. The number of hydrogen-bond donors (Lipinski definition) is 1. The van der Waals surface area contributed by atoms with Gasteiger partial charge in [0.1, 0.15) is 0 Å². The minimum atomic E-state index is 0.772. The second kappa shape index (κ2) is 4.13. The summed E-state index contributed by atoms with van der Waals surface area (Å²) in [6.45, 7) is 1.98. The average molecular weight is 251 g/mol. The Hall–Kier alpha value is -2.27. The molecular weight excluding hydrogens is 238 g/mol. The van der Waals surface area contributed by atoms with Crippen LogP contribution in [0.3, 0.4) is 0 Å². The summed E-state index contributed by atoms with van der Waals surface area (Å²) in [4.78, 5) is 0. The van der Waals surface area contributed by atoms with Crippen molar-refractivity contribution in [1.82, 2.24) is 25.1 Å². The van der Waals surface area contributed by atoms with Gasteiger partial charge in [0.15, 0.2) is 11.5 Å². The van der Waals surface area contributed by atoms with Gasteiger partial charge < -0.3 is 5.32 Å². The first kappa shape index (κ1) is 10.6. The predicted molar refractivity (Wildman–Crippen MR) is 71.6 cm³/mol. The van der Waals surface area contributed by atoms with E-state index < -0.39 is 0 Å². The van der Waals surface area contributed by atoms with E-state index in [0.29, 0.717) is 0 Å². The van der Waals surface area contributed by atoms with E-state index in [9.17, 15) is 0 Å². The van der Waals surface area contributed by atoms with Crippen LogP contribution in [-0.2, 0) is 13.0 Å². The summed E-state index contributed by atoms with van der Waals surface area (Å²) in [5.41, 5.74) is 4.60. The summed E-state index contributed by atoms with van der Waals surface area (Å²) in [6, 6.07) is 10.3. The van der Waals surface area contributed by atoms with Crippen molar-refractivity contribution in [2.75, 3.05) is 6.54 Å². The van der Waals surface area contributed by atoms with Gasteiger partial charge in [-0.05, 0) is 42.3 Å². The fraction of sp³-hybridized carbons (Fsp3) is 0.214. The van der Waals surface area contributed by atoms with E-state index >= 15 is 0 Å². The van der Waals surface area contributed by atoms with E-state index in [1.54, 1.807) is 10.7 Å². The minimum absolute atomic E-state index is 0.772. The number of benzene rings is 1. The SMILES string of the molecule is c1cnn2c(-c3ccc4c(c3)CNCC4)nnc2c1. The van der Waals surface area contributed by atoms with Gasteiger partial charge in [-0.25, -0.2) is 0 Å². The predicted octanol–water partition coefficient (Wildman–Crippen LogP) is 1.44. The Morgan fingerprint density at radius 2 is 2.11 bits per heavy atom. The molecule has 0 amide bonds. The summed E-state index contributed by atoms with van der Waals surface area (Å²) >= 11 is 0. The van der Waals surface area contributed by atoms with Gasteiger partial charge in [0.25, 0.3) is 0 Å². The van der Waals surface area contributed by atoms with Crippen molar-refractivity contribution < 1.29 is 0 Å².